The Morgan fingerprint density at radius 1 is 1.00 bits per heavy atom. The van der Waals surface area contributed by atoms with Gasteiger partial charge in [0.05, 0.1) is 6.42 Å². The molecule has 2 aromatic carbocycles. The predicted molar refractivity (Wildman–Crippen MR) is 123 cm³/mol. The molecule has 0 aromatic heterocycles. The molecule has 0 radical (unpaired) electrons. The Hall–Kier alpha value is -2.62. The van der Waals surface area contributed by atoms with Gasteiger partial charge < -0.3 is 10.2 Å². The maximum Gasteiger partial charge on any atom is 0.242 e. The van der Waals surface area contributed by atoms with Crippen molar-refractivity contribution in [1.29, 1.82) is 0 Å². The quantitative estimate of drug-likeness (QED) is 0.570. The van der Waals surface area contributed by atoms with Crippen molar-refractivity contribution in [2.24, 2.45) is 0 Å². The first kappa shape index (κ1) is 23.7. The number of carbonyl (C=O) groups excluding carboxylic acids is 2. The summed E-state index contributed by atoms with van der Waals surface area (Å²) in [4.78, 5) is 28.1. The molecule has 0 fully saturated rings. The van der Waals surface area contributed by atoms with Gasteiger partial charge in [-0.05, 0) is 50.3 Å². The second kappa shape index (κ2) is 11.5. The second-order valence-electron chi connectivity index (χ2n) is 8.19. The molecule has 0 bridgehead atoms. The van der Waals surface area contributed by atoms with E-state index in [2.05, 4.69) is 30.4 Å². The highest BCUT2D eigenvalue weighted by Gasteiger charge is 2.28. The van der Waals surface area contributed by atoms with Crippen LogP contribution in [0.15, 0.2) is 42.5 Å². The van der Waals surface area contributed by atoms with Crippen molar-refractivity contribution < 1.29 is 9.59 Å². The number of hydrogen-bond donors (Lipinski definition) is 1. The van der Waals surface area contributed by atoms with E-state index in [0.717, 1.165) is 40.7 Å². The molecule has 0 spiro atoms. The van der Waals surface area contributed by atoms with E-state index in [1.807, 2.05) is 52.0 Å². The van der Waals surface area contributed by atoms with Gasteiger partial charge in [0.15, 0.2) is 0 Å². The summed E-state index contributed by atoms with van der Waals surface area (Å²) in [6.07, 6.45) is 2.85. The van der Waals surface area contributed by atoms with E-state index in [4.69, 9.17) is 0 Å². The number of carbonyl (C=O) groups is 2. The molecule has 4 heteroatoms. The van der Waals surface area contributed by atoms with Crippen LogP contribution < -0.4 is 5.32 Å². The first-order valence-corrected chi connectivity index (χ1v) is 11.0. The Balaban J connectivity index is 2.29. The average molecular weight is 409 g/mol. The fourth-order valence-corrected chi connectivity index (χ4v) is 3.84. The summed E-state index contributed by atoms with van der Waals surface area (Å²) in [5.41, 5.74) is 5.49. The molecule has 0 unspecified atom stereocenters. The Morgan fingerprint density at radius 3 is 2.27 bits per heavy atom. The largest absolute Gasteiger partial charge is 0.354 e. The zero-order chi connectivity index (χ0) is 22.1. The number of aryl methyl sites for hydroxylation is 3. The minimum Gasteiger partial charge on any atom is -0.354 e. The van der Waals surface area contributed by atoms with Crippen molar-refractivity contribution in [3.63, 3.8) is 0 Å². The zero-order valence-corrected chi connectivity index (χ0v) is 19.1. The molecule has 0 aliphatic carbocycles. The Morgan fingerprint density at radius 2 is 1.67 bits per heavy atom. The van der Waals surface area contributed by atoms with Crippen molar-refractivity contribution in [3.8, 4) is 0 Å². The van der Waals surface area contributed by atoms with Gasteiger partial charge in [0, 0.05) is 13.1 Å². The molecule has 162 valence electrons. The number of nitrogens with one attached hydrogen (secondary N) is 1. The van der Waals surface area contributed by atoms with Crippen molar-refractivity contribution in [3.05, 3.63) is 70.3 Å². The van der Waals surface area contributed by atoms with E-state index in [1.165, 1.54) is 0 Å². The topological polar surface area (TPSA) is 49.4 Å². The first-order chi connectivity index (χ1) is 14.3. The van der Waals surface area contributed by atoms with Crippen LogP contribution in [0.25, 0.3) is 0 Å². The minimum atomic E-state index is -0.472. The maximum atomic E-state index is 13.4. The molecule has 2 rings (SSSR count). The molecule has 2 amide bonds. The number of benzene rings is 2. The minimum absolute atomic E-state index is 0.0132. The highest BCUT2D eigenvalue weighted by molar-refractivity contribution is 5.88. The van der Waals surface area contributed by atoms with Crippen LogP contribution in [0, 0.1) is 20.8 Å². The van der Waals surface area contributed by atoms with E-state index in [-0.39, 0.29) is 11.8 Å². The fraction of sp³-hybridized carbons (Fsp3) is 0.462. The van der Waals surface area contributed by atoms with Crippen LogP contribution in [-0.2, 0) is 22.6 Å². The van der Waals surface area contributed by atoms with Gasteiger partial charge in [-0.2, -0.15) is 0 Å². The monoisotopic (exact) mass is 408 g/mol. The van der Waals surface area contributed by atoms with Gasteiger partial charge in [0.2, 0.25) is 11.8 Å². The van der Waals surface area contributed by atoms with Gasteiger partial charge in [-0.3, -0.25) is 9.59 Å². The SMILES string of the molecule is CCCCNC(=O)[C@H](CC)N(Cc1ccccc1C)C(=O)Cc1cc(C)cc(C)c1. The molecule has 2 aromatic rings. The highest BCUT2D eigenvalue weighted by atomic mass is 16.2. The molecule has 0 heterocycles. The fourth-order valence-electron chi connectivity index (χ4n) is 3.84. The van der Waals surface area contributed by atoms with E-state index in [1.54, 1.807) is 4.90 Å². The number of rotatable bonds is 10. The normalized spacial score (nSPS) is 11.8. The summed E-state index contributed by atoms with van der Waals surface area (Å²) in [6.45, 7) is 11.3. The predicted octanol–water partition coefficient (Wildman–Crippen LogP) is 4.88. The average Bonchev–Trinajstić information content (AvgIpc) is 2.68. The van der Waals surface area contributed by atoms with Crippen LogP contribution in [0.3, 0.4) is 0 Å². The smallest absolute Gasteiger partial charge is 0.242 e. The van der Waals surface area contributed by atoms with Crippen LogP contribution in [0.4, 0.5) is 0 Å². The van der Waals surface area contributed by atoms with Crippen LogP contribution in [0.5, 0.6) is 0 Å². The molecule has 1 N–H and O–H groups in total. The Bertz CT molecular complexity index is 840. The van der Waals surface area contributed by atoms with Crippen molar-refractivity contribution in [1.82, 2.24) is 10.2 Å². The molecular weight excluding hydrogens is 372 g/mol. The molecule has 0 saturated carbocycles. The van der Waals surface area contributed by atoms with Crippen LogP contribution in [-0.4, -0.2) is 29.3 Å². The zero-order valence-electron chi connectivity index (χ0n) is 19.1. The highest BCUT2D eigenvalue weighted by Crippen LogP contribution is 2.18. The molecular formula is C26H36N2O2. The summed E-state index contributed by atoms with van der Waals surface area (Å²) in [7, 11) is 0. The van der Waals surface area contributed by atoms with Gasteiger partial charge in [0.1, 0.15) is 6.04 Å². The lowest BCUT2D eigenvalue weighted by atomic mass is 10.0. The second-order valence-corrected chi connectivity index (χ2v) is 8.19. The Kier molecular flexibility index (Phi) is 9.10. The van der Waals surface area contributed by atoms with Gasteiger partial charge >= 0.3 is 0 Å². The summed E-state index contributed by atoms with van der Waals surface area (Å²) < 4.78 is 0. The van der Waals surface area contributed by atoms with Crippen LogP contribution >= 0.6 is 0 Å². The van der Waals surface area contributed by atoms with Crippen molar-refractivity contribution >= 4 is 11.8 Å². The summed E-state index contributed by atoms with van der Waals surface area (Å²) >= 11 is 0. The van der Waals surface area contributed by atoms with Gasteiger partial charge in [-0.15, -0.1) is 0 Å². The summed E-state index contributed by atoms with van der Waals surface area (Å²) in [5.74, 6) is -0.0750. The number of amides is 2. The number of hydrogen-bond acceptors (Lipinski definition) is 2. The van der Waals surface area contributed by atoms with E-state index in [9.17, 15) is 9.59 Å². The first-order valence-electron chi connectivity index (χ1n) is 11.0. The third-order valence-corrected chi connectivity index (χ3v) is 5.45. The molecule has 0 saturated heterocycles. The van der Waals surface area contributed by atoms with E-state index >= 15 is 0 Å². The van der Waals surface area contributed by atoms with Crippen LogP contribution in [0.1, 0.15) is 60.9 Å². The third-order valence-electron chi connectivity index (χ3n) is 5.45. The lowest BCUT2D eigenvalue weighted by molar-refractivity contribution is -0.140. The maximum absolute atomic E-state index is 13.4. The summed E-state index contributed by atoms with van der Waals surface area (Å²) in [5, 5.41) is 3.02. The van der Waals surface area contributed by atoms with E-state index < -0.39 is 6.04 Å². The van der Waals surface area contributed by atoms with Gasteiger partial charge in [-0.1, -0.05) is 73.9 Å². The molecule has 1 atom stereocenters. The van der Waals surface area contributed by atoms with Crippen LogP contribution in [0.2, 0.25) is 0 Å². The summed E-state index contributed by atoms with van der Waals surface area (Å²) in [6, 6.07) is 13.8. The van der Waals surface area contributed by atoms with Crippen molar-refractivity contribution in [2.45, 2.75) is 72.9 Å². The van der Waals surface area contributed by atoms with Gasteiger partial charge in [-0.25, -0.2) is 0 Å². The lowest BCUT2D eigenvalue weighted by Gasteiger charge is -2.31. The number of nitrogens with zero attached hydrogens (tertiary/aromatic N) is 1. The molecule has 30 heavy (non-hydrogen) atoms. The van der Waals surface area contributed by atoms with E-state index in [0.29, 0.717) is 25.9 Å². The Labute approximate surface area is 181 Å². The standard InChI is InChI=1S/C26H36N2O2/c1-6-8-13-27-26(30)24(7-2)28(18-23-12-10-9-11-21(23)5)25(29)17-22-15-19(3)14-20(4)16-22/h9-12,14-16,24H,6-8,13,17-18H2,1-5H3,(H,27,30)/t24-/m0/s1. The lowest BCUT2D eigenvalue weighted by Crippen LogP contribution is -2.49. The number of unbranched alkanes of at least 4 members (excludes halogenated alkanes) is 1. The molecule has 4 nitrogen and oxygen atoms in total. The van der Waals surface area contributed by atoms with Gasteiger partial charge in [0.25, 0.3) is 0 Å². The third kappa shape index (κ3) is 6.72. The molecule has 0 aliphatic rings. The van der Waals surface area contributed by atoms with Crippen molar-refractivity contribution in [2.75, 3.05) is 6.54 Å². The molecule has 0 aliphatic heterocycles.